The number of allylic oxidation sites excluding steroid dienone is 3. The van der Waals surface area contributed by atoms with Gasteiger partial charge in [0, 0.05) is 0 Å². The summed E-state index contributed by atoms with van der Waals surface area (Å²) in [6.45, 7) is 22.7. The molecule has 5 rings (SSSR count). The van der Waals surface area contributed by atoms with Crippen molar-refractivity contribution in [1.82, 2.24) is 0 Å². The Labute approximate surface area is 187 Å². The fourth-order valence-electron chi connectivity index (χ4n) is 11.0. The SMILES string of the molecule is C=C(C)[C@H]1CC[C@@H]2[C@]1(C)CC[C@]1(C)C3=CC[C@H]4C(C)(C)CCC[C@]4(C)[C@H]3CC[C@@]21C. The van der Waals surface area contributed by atoms with Crippen LogP contribution in [0.5, 0.6) is 0 Å². The fourth-order valence-corrected chi connectivity index (χ4v) is 11.0. The minimum absolute atomic E-state index is 0.416. The van der Waals surface area contributed by atoms with Crippen molar-refractivity contribution in [1.29, 1.82) is 0 Å². The standard InChI is InChI=1S/C30H48/c1-20(2)21-10-13-25-28(21,6)18-19-29(7)23-11-12-24-26(3,4)15-9-16-27(24,5)22(23)14-17-30(25,29)8/h11,21-22,24-25H,1,9-10,12-19H2,2-8H3/t21-,22+,24+,25-,27-,28-,29-,30+/m1/s1. The van der Waals surface area contributed by atoms with Gasteiger partial charge >= 0.3 is 0 Å². The van der Waals surface area contributed by atoms with Gasteiger partial charge in [0.2, 0.25) is 0 Å². The van der Waals surface area contributed by atoms with Crippen molar-refractivity contribution < 1.29 is 0 Å². The highest BCUT2D eigenvalue weighted by Crippen LogP contribution is 2.76. The second-order valence-corrected chi connectivity index (χ2v) is 14.2. The van der Waals surface area contributed by atoms with E-state index >= 15 is 0 Å². The minimum Gasteiger partial charge on any atom is -0.0998 e. The second-order valence-electron chi connectivity index (χ2n) is 14.2. The first-order chi connectivity index (χ1) is 13.9. The molecule has 0 heteroatoms. The van der Waals surface area contributed by atoms with Crippen molar-refractivity contribution in [2.45, 2.75) is 113 Å². The van der Waals surface area contributed by atoms with Gasteiger partial charge in [0.05, 0.1) is 0 Å². The number of fused-ring (bicyclic) bond motifs is 7. The van der Waals surface area contributed by atoms with E-state index in [9.17, 15) is 0 Å². The molecule has 0 aromatic rings. The molecule has 168 valence electrons. The normalized spacial score (nSPS) is 54.3. The van der Waals surface area contributed by atoms with E-state index in [4.69, 9.17) is 0 Å². The largest absolute Gasteiger partial charge is 0.0998 e. The lowest BCUT2D eigenvalue weighted by Crippen LogP contribution is -2.60. The van der Waals surface area contributed by atoms with Gasteiger partial charge in [-0.25, -0.2) is 0 Å². The lowest BCUT2D eigenvalue weighted by atomic mass is 9.36. The topological polar surface area (TPSA) is 0 Å². The summed E-state index contributed by atoms with van der Waals surface area (Å²) in [5, 5.41) is 0. The van der Waals surface area contributed by atoms with Gasteiger partial charge in [-0.05, 0) is 115 Å². The Hall–Kier alpha value is -0.520. The second kappa shape index (κ2) is 6.29. The summed E-state index contributed by atoms with van der Waals surface area (Å²) >= 11 is 0. The summed E-state index contributed by atoms with van der Waals surface area (Å²) in [6.07, 6.45) is 17.1. The van der Waals surface area contributed by atoms with Crippen LogP contribution in [0.4, 0.5) is 0 Å². The Morgan fingerprint density at radius 1 is 0.833 bits per heavy atom. The number of hydrogen-bond acceptors (Lipinski definition) is 0. The number of rotatable bonds is 1. The summed E-state index contributed by atoms with van der Waals surface area (Å²) in [5.74, 6) is 3.36. The van der Waals surface area contributed by atoms with Crippen LogP contribution in [0.1, 0.15) is 113 Å². The fraction of sp³-hybridized carbons (Fsp3) is 0.867. The summed E-state index contributed by atoms with van der Waals surface area (Å²) < 4.78 is 0. The van der Waals surface area contributed by atoms with Gasteiger partial charge in [-0.15, -0.1) is 0 Å². The molecule has 5 aliphatic rings. The molecule has 0 saturated heterocycles. The Morgan fingerprint density at radius 3 is 2.27 bits per heavy atom. The zero-order valence-corrected chi connectivity index (χ0v) is 21.2. The average molecular weight is 409 g/mol. The maximum atomic E-state index is 4.44. The maximum absolute atomic E-state index is 4.44. The van der Waals surface area contributed by atoms with Crippen LogP contribution in [0.3, 0.4) is 0 Å². The summed E-state index contributed by atoms with van der Waals surface area (Å²) in [5.41, 5.74) is 5.81. The molecule has 4 saturated carbocycles. The van der Waals surface area contributed by atoms with E-state index in [1.54, 1.807) is 0 Å². The highest BCUT2D eigenvalue weighted by Gasteiger charge is 2.67. The first-order valence-corrected chi connectivity index (χ1v) is 13.3. The Morgan fingerprint density at radius 2 is 1.57 bits per heavy atom. The van der Waals surface area contributed by atoms with E-state index in [0.717, 1.165) is 23.7 Å². The van der Waals surface area contributed by atoms with Crippen LogP contribution in [0.2, 0.25) is 0 Å². The molecule has 0 radical (unpaired) electrons. The Balaban J connectivity index is 1.56. The quantitative estimate of drug-likeness (QED) is 0.380. The van der Waals surface area contributed by atoms with Crippen LogP contribution in [0.15, 0.2) is 23.8 Å². The van der Waals surface area contributed by atoms with Gasteiger partial charge in [0.1, 0.15) is 0 Å². The predicted molar refractivity (Wildman–Crippen MR) is 129 cm³/mol. The smallest absolute Gasteiger partial charge is 0.00566 e. The van der Waals surface area contributed by atoms with Crippen molar-refractivity contribution in [2.24, 2.45) is 50.7 Å². The van der Waals surface area contributed by atoms with Crippen LogP contribution >= 0.6 is 0 Å². The highest BCUT2D eigenvalue weighted by molar-refractivity contribution is 5.34. The molecule has 0 aromatic carbocycles. The molecule has 0 aromatic heterocycles. The van der Waals surface area contributed by atoms with Crippen LogP contribution in [0.25, 0.3) is 0 Å². The number of hydrogen-bond donors (Lipinski definition) is 0. The van der Waals surface area contributed by atoms with Crippen molar-refractivity contribution in [3.8, 4) is 0 Å². The summed E-state index contributed by atoms with van der Waals surface area (Å²) in [4.78, 5) is 0. The molecule has 0 spiro atoms. The van der Waals surface area contributed by atoms with E-state index in [1.165, 1.54) is 69.8 Å². The van der Waals surface area contributed by atoms with Crippen molar-refractivity contribution in [3.05, 3.63) is 23.8 Å². The van der Waals surface area contributed by atoms with Gasteiger partial charge in [0.15, 0.2) is 0 Å². The van der Waals surface area contributed by atoms with Gasteiger partial charge in [-0.3, -0.25) is 0 Å². The lowest BCUT2D eigenvalue weighted by Gasteiger charge is -2.69. The van der Waals surface area contributed by atoms with E-state index < -0.39 is 0 Å². The third kappa shape index (κ3) is 2.41. The molecule has 8 atom stereocenters. The Kier molecular flexibility index (Phi) is 4.47. The molecule has 30 heavy (non-hydrogen) atoms. The van der Waals surface area contributed by atoms with Crippen LogP contribution in [-0.2, 0) is 0 Å². The molecule has 0 unspecified atom stereocenters. The van der Waals surface area contributed by atoms with Gasteiger partial charge < -0.3 is 0 Å². The molecular formula is C30H48. The zero-order valence-electron chi connectivity index (χ0n) is 21.2. The van der Waals surface area contributed by atoms with Crippen LogP contribution in [-0.4, -0.2) is 0 Å². The van der Waals surface area contributed by atoms with Gasteiger partial charge in [-0.2, -0.15) is 0 Å². The van der Waals surface area contributed by atoms with E-state index in [2.05, 4.69) is 61.1 Å². The minimum atomic E-state index is 0.416. The van der Waals surface area contributed by atoms with Gasteiger partial charge in [0.25, 0.3) is 0 Å². The summed E-state index contributed by atoms with van der Waals surface area (Å²) in [7, 11) is 0. The summed E-state index contributed by atoms with van der Waals surface area (Å²) in [6, 6.07) is 0. The monoisotopic (exact) mass is 408 g/mol. The molecule has 0 nitrogen and oxygen atoms in total. The van der Waals surface area contributed by atoms with E-state index in [-0.39, 0.29) is 0 Å². The third-order valence-corrected chi connectivity index (χ3v) is 12.7. The van der Waals surface area contributed by atoms with Crippen molar-refractivity contribution in [3.63, 3.8) is 0 Å². The average Bonchev–Trinajstić information content (AvgIpc) is 3.01. The van der Waals surface area contributed by atoms with Crippen molar-refractivity contribution in [2.75, 3.05) is 0 Å². The van der Waals surface area contributed by atoms with Crippen LogP contribution < -0.4 is 0 Å². The van der Waals surface area contributed by atoms with Crippen molar-refractivity contribution >= 4 is 0 Å². The van der Waals surface area contributed by atoms with Gasteiger partial charge in [-0.1, -0.05) is 71.8 Å². The van der Waals surface area contributed by atoms with E-state index in [0.29, 0.717) is 27.1 Å². The lowest BCUT2D eigenvalue weighted by molar-refractivity contribution is -0.139. The molecular weight excluding hydrogens is 360 g/mol. The van der Waals surface area contributed by atoms with Crippen LogP contribution in [0, 0.1) is 50.7 Å². The first kappa shape index (κ1) is 21.3. The molecule has 0 N–H and O–H groups in total. The van der Waals surface area contributed by atoms with E-state index in [1.807, 2.05) is 5.57 Å². The third-order valence-electron chi connectivity index (χ3n) is 12.7. The molecule has 0 amide bonds. The highest BCUT2D eigenvalue weighted by atomic mass is 14.7. The predicted octanol–water partition coefficient (Wildman–Crippen LogP) is 8.97. The maximum Gasteiger partial charge on any atom is -0.00566 e. The zero-order chi connectivity index (χ0) is 21.7. The molecule has 0 heterocycles. The Bertz CT molecular complexity index is 784. The molecule has 4 fully saturated rings. The molecule has 0 aliphatic heterocycles. The molecule has 0 bridgehead atoms. The first-order valence-electron chi connectivity index (χ1n) is 13.3. The molecule has 5 aliphatic carbocycles.